The first kappa shape index (κ1) is 15.7. The zero-order chi connectivity index (χ0) is 17.2. The van der Waals surface area contributed by atoms with E-state index in [0.717, 1.165) is 50.8 Å². The molecule has 8 heteroatoms. The summed E-state index contributed by atoms with van der Waals surface area (Å²) in [5.41, 5.74) is 0.447. The fourth-order valence-corrected chi connectivity index (χ4v) is 2.91. The number of carbonyl (C=O) groups excluding carboxylic acids is 1. The van der Waals surface area contributed by atoms with Crippen LogP contribution < -0.4 is 15.1 Å². The molecule has 0 aromatic carbocycles. The molecule has 0 unspecified atom stereocenters. The topological polar surface area (TPSA) is 87.1 Å². The number of nitrogens with zero attached hydrogens (tertiary/aromatic N) is 6. The van der Waals surface area contributed by atoms with Crippen LogP contribution in [0.25, 0.3) is 0 Å². The Labute approximate surface area is 146 Å². The summed E-state index contributed by atoms with van der Waals surface area (Å²) in [6.07, 6.45) is 5.64. The van der Waals surface area contributed by atoms with Crippen LogP contribution >= 0.6 is 0 Å². The highest BCUT2D eigenvalue weighted by Gasteiger charge is 2.26. The Morgan fingerprint density at radius 1 is 1.08 bits per heavy atom. The number of aromatic nitrogens is 4. The number of carbonyl (C=O) groups is 1. The Kier molecular flexibility index (Phi) is 4.17. The molecule has 130 valence electrons. The third-order valence-corrected chi connectivity index (χ3v) is 4.41. The van der Waals surface area contributed by atoms with Crippen molar-refractivity contribution < 1.29 is 4.79 Å². The molecule has 2 aliphatic rings. The van der Waals surface area contributed by atoms with E-state index >= 15 is 0 Å². The molecule has 2 aromatic rings. The highest BCUT2D eigenvalue weighted by Crippen LogP contribution is 2.20. The van der Waals surface area contributed by atoms with Crippen molar-refractivity contribution in [3.63, 3.8) is 0 Å². The standard InChI is InChI=1S/C17H21N7O/c1-12-20-14(16(25)22-13-3-4-13)11-15(21-12)23-7-9-24(10-8-23)17-18-5-2-6-19-17/h2,5-6,11,13H,3-4,7-10H2,1H3,(H,22,25). The molecule has 4 rings (SSSR count). The average Bonchev–Trinajstić information content (AvgIpc) is 3.46. The van der Waals surface area contributed by atoms with Crippen molar-refractivity contribution in [1.82, 2.24) is 25.3 Å². The van der Waals surface area contributed by atoms with Crippen molar-refractivity contribution in [1.29, 1.82) is 0 Å². The molecular formula is C17H21N7O. The van der Waals surface area contributed by atoms with Crippen LogP contribution in [0.15, 0.2) is 24.5 Å². The van der Waals surface area contributed by atoms with Crippen molar-refractivity contribution in [3.8, 4) is 0 Å². The maximum absolute atomic E-state index is 12.3. The molecule has 2 fully saturated rings. The zero-order valence-corrected chi connectivity index (χ0v) is 14.2. The summed E-state index contributed by atoms with van der Waals surface area (Å²) < 4.78 is 0. The van der Waals surface area contributed by atoms with E-state index in [-0.39, 0.29) is 5.91 Å². The van der Waals surface area contributed by atoms with Crippen LogP contribution in [0.4, 0.5) is 11.8 Å². The number of amides is 1. The number of piperazine rings is 1. The van der Waals surface area contributed by atoms with Crippen molar-refractivity contribution in [2.45, 2.75) is 25.8 Å². The first-order valence-corrected chi connectivity index (χ1v) is 8.62. The highest BCUT2D eigenvalue weighted by atomic mass is 16.2. The second-order valence-electron chi connectivity index (χ2n) is 6.43. The van der Waals surface area contributed by atoms with Crippen LogP contribution in [0.5, 0.6) is 0 Å². The van der Waals surface area contributed by atoms with Crippen LogP contribution in [-0.2, 0) is 0 Å². The minimum Gasteiger partial charge on any atom is -0.353 e. The monoisotopic (exact) mass is 339 g/mol. The predicted octanol–water partition coefficient (Wildman–Crippen LogP) is 0.794. The lowest BCUT2D eigenvalue weighted by Gasteiger charge is -2.35. The van der Waals surface area contributed by atoms with Crippen LogP contribution in [-0.4, -0.2) is 58.1 Å². The van der Waals surface area contributed by atoms with Crippen LogP contribution in [0.3, 0.4) is 0 Å². The van der Waals surface area contributed by atoms with Crippen LogP contribution in [0.1, 0.15) is 29.2 Å². The fourth-order valence-electron chi connectivity index (χ4n) is 2.91. The first-order chi connectivity index (χ1) is 12.2. The van der Waals surface area contributed by atoms with Crippen molar-refractivity contribution in [3.05, 3.63) is 36.0 Å². The van der Waals surface area contributed by atoms with Gasteiger partial charge in [-0.1, -0.05) is 0 Å². The second kappa shape index (κ2) is 6.62. The third kappa shape index (κ3) is 3.67. The van der Waals surface area contributed by atoms with E-state index in [1.54, 1.807) is 18.5 Å². The summed E-state index contributed by atoms with van der Waals surface area (Å²) in [6, 6.07) is 3.93. The van der Waals surface area contributed by atoms with Crippen molar-refractivity contribution >= 4 is 17.7 Å². The van der Waals surface area contributed by atoms with Gasteiger partial charge in [0.25, 0.3) is 5.91 Å². The normalized spacial score (nSPS) is 17.5. The summed E-state index contributed by atoms with van der Waals surface area (Å²) in [7, 11) is 0. The van der Waals surface area contributed by atoms with E-state index in [0.29, 0.717) is 17.6 Å². The van der Waals surface area contributed by atoms with Gasteiger partial charge in [0.1, 0.15) is 17.3 Å². The van der Waals surface area contributed by atoms with Gasteiger partial charge in [-0.25, -0.2) is 19.9 Å². The molecule has 2 aromatic heterocycles. The average molecular weight is 339 g/mol. The van der Waals surface area contributed by atoms with Gasteiger partial charge in [0.15, 0.2) is 0 Å². The van der Waals surface area contributed by atoms with Gasteiger partial charge in [0.2, 0.25) is 5.95 Å². The second-order valence-corrected chi connectivity index (χ2v) is 6.43. The quantitative estimate of drug-likeness (QED) is 0.881. The molecule has 3 heterocycles. The van der Waals surface area contributed by atoms with Crippen molar-refractivity contribution in [2.75, 3.05) is 36.0 Å². The number of hydrogen-bond acceptors (Lipinski definition) is 7. The van der Waals surface area contributed by atoms with E-state index in [4.69, 9.17) is 0 Å². The molecular weight excluding hydrogens is 318 g/mol. The van der Waals surface area contributed by atoms with Gasteiger partial charge in [-0.3, -0.25) is 4.79 Å². The molecule has 8 nitrogen and oxygen atoms in total. The third-order valence-electron chi connectivity index (χ3n) is 4.41. The smallest absolute Gasteiger partial charge is 0.270 e. The van der Waals surface area contributed by atoms with E-state index in [1.165, 1.54) is 0 Å². The first-order valence-electron chi connectivity index (χ1n) is 8.62. The van der Waals surface area contributed by atoms with Gasteiger partial charge in [-0.2, -0.15) is 0 Å². The van der Waals surface area contributed by atoms with Crippen LogP contribution in [0.2, 0.25) is 0 Å². The molecule has 0 radical (unpaired) electrons. The summed E-state index contributed by atoms with van der Waals surface area (Å²) in [4.78, 5) is 34.0. The maximum Gasteiger partial charge on any atom is 0.270 e. The Balaban J connectivity index is 1.45. The van der Waals surface area contributed by atoms with Gasteiger partial charge in [0, 0.05) is 50.7 Å². The molecule has 0 bridgehead atoms. The molecule has 1 aliphatic carbocycles. The molecule has 1 saturated heterocycles. The lowest BCUT2D eigenvalue weighted by molar-refractivity contribution is 0.0945. The SMILES string of the molecule is Cc1nc(C(=O)NC2CC2)cc(N2CCN(c3ncccn3)CC2)n1. The fraction of sp³-hybridized carbons (Fsp3) is 0.471. The zero-order valence-electron chi connectivity index (χ0n) is 14.2. The van der Waals surface area contributed by atoms with Gasteiger partial charge in [-0.15, -0.1) is 0 Å². The summed E-state index contributed by atoms with van der Waals surface area (Å²) in [6.45, 7) is 5.07. The number of hydrogen-bond donors (Lipinski definition) is 1. The summed E-state index contributed by atoms with van der Waals surface area (Å²) in [5.74, 6) is 2.07. The van der Waals surface area contributed by atoms with E-state index < -0.39 is 0 Å². The number of rotatable bonds is 4. The molecule has 1 N–H and O–H groups in total. The van der Waals surface area contributed by atoms with Gasteiger partial charge < -0.3 is 15.1 Å². The lowest BCUT2D eigenvalue weighted by Crippen LogP contribution is -2.47. The predicted molar refractivity (Wildman–Crippen MR) is 93.7 cm³/mol. The maximum atomic E-state index is 12.3. The minimum atomic E-state index is -0.106. The van der Waals surface area contributed by atoms with Gasteiger partial charge in [0.05, 0.1) is 0 Å². The van der Waals surface area contributed by atoms with Crippen LogP contribution in [0, 0.1) is 6.92 Å². The number of anilines is 2. The van der Waals surface area contributed by atoms with Gasteiger partial charge in [-0.05, 0) is 25.8 Å². The molecule has 25 heavy (non-hydrogen) atoms. The Bertz CT molecular complexity index is 755. The van der Waals surface area contributed by atoms with E-state index in [9.17, 15) is 4.79 Å². The highest BCUT2D eigenvalue weighted by molar-refractivity contribution is 5.93. The molecule has 0 spiro atoms. The summed E-state index contributed by atoms with van der Waals surface area (Å²) >= 11 is 0. The Morgan fingerprint density at radius 3 is 2.44 bits per heavy atom. The molecule has 1 aliphatic heterocycles. The number of aryl methyl sites for hydroxylation is 1. The van der Waals surface area contributed by atoms with E-state index in [2.05, 4.69) is 35.1 Å². The Morgan fingerprint density at radius 2 is 1.76 bits per heavy atom. The molecule has 1 amide bonds. The number of nitrogens with one attached hydrogen (secondary N) is 1. The van der Waals surface area contributed by atoms with Gasteiger partial charge >= 0.3 is 0 Å². The molecule has 0 atom stereocenters. The van der Waals surface area contributed by atoms with E-state index in [1.807, 2.05) is 13.0 Å². The largest absolute Gasteiger partial charge is 0.353 e. The minimum absolute atomic E-state index is 0.106. The van der Waals surface area contributed by atoms with Crippen molar-refractivity contribution in [2.24, 2.45) is 0 Å². The molecule has 1 saturated carbocycles. The lowest BCUT2D eigenvalue weighted by atomic mass is 10.3. The summed E-state index contributed by atoms with van der Waals surface area (Å²) in [5, 5.41) is 2.98. The Hall–Kier alpha value is -2.77.